The number of nitrogens with one attached hydrogen (secondary N) is 2. The SMILES string of the molecule is N#Cc1ccc(C2(NCc3ccc4nc[nH]c4c3)CCOCC2)cc1. The van der Waals surface area contributed by atoms with Crippen LogP contribution in [0, 0.1) is 11.3 Å². The van der Waals surface area contributed by atoms with Gasteiger partial charge in [0.05, 0.1) is 29.0 Å². The van der Waals surface area contributed by atoms with Crippen LogP contribution in [-0.2, 0) is 16.8 Å². The van der Waals surface area contributed by atoms with E-state index in [1.165, 1.54) is 11.1 Å². The van der Waals surface area contributed by atoms with Crippen LogP contribution in [0.3, 0.4) is 0 Å². The number of H-pyrrole nitrogens is 1. The second-order valence-corrected chi connectivity index (χ2v) is 6.49. The van der Waals surface area contributed by atoms with Gasteiger partial charge in [-0.15, -0.1) is 0 Å². The lowest BCUT2D eigenvalue weighted by atomic mass is 9.82. The van der Waals surface area contributed by atoms with Crippen LogP contribution in [0.5, 0.6) is 0 Å². The second-order valence-electron chi connectivity index (χ2n) is 6.49. The van der Waals surface area contributed by atoms with Crippen molar-refractivity contribution in [2.24, 2.45) is 0 Å². The van der Waals surface area contributed by atoms with Gasteiger partial charge in [-0.2, -0.15) is 5.26 Å². The summed E-state index contributed by atoms with van der Waals surface area (Å²) in [4.78, 5) is 7.43. The van der Waals surface area contributed by atoms with E-state index in [9.17, 15) is 0 Å². The molecule has 2 heterocycles. The van der Waals surface area contributed by atoms with Crippen LogP contribution in [0.15, 0.2) is 48.8 Å². The van der Waals surface area contributed by atoms with Crippen LogP contribution in [0.4, 0.5) is 0 Å². The lowest BCUT2D eigenvalue weighted by molar-refractivity contribution is 0.0358. The Morgan fingerprint density at radius 2 is 1.96 bits per heavy atom. The lowest BCUT2D eigenvalue weighted by Crippen LogP contribution is -2.46. The molecule has 0 saturated carbocycles. The second kappa shape index (κ2) is 6.67. The Bertz CT molecular complexity index is 901. The zero-order valence-electron chi connectivity index (χ0n) is 14.0. The van der Waals surface area contributed by atoms with E-state index in [0.717, 1.165) is 43.6 Å². The van der Waals surface area contributed by atoms with Crippen LogP contribution < -0.4 is 5.32 Å². The number of nitrogens with zero attached hydrogens (tertiary/aromatic N) is 2. The Morgan fingerprint density at radius 1 is 1.16 bits per heavy atom. The molecule has 25 heavy (non-hydrogen) atoms. The summed E-state index contributed by atoms with van der Waals surface area (Å²) in [6.45, 7) is 2.26. The van der Waals surface area contributed by atoms with Gasteiger partial charge in [0, 0.05) is 25.3 Å². The van der Waals surface area contributed by atoms with Gasteiger partial charge < -0.3 is 15.0 Å². The van der Waals surface area contributed by atoms with Gasteiger partial charge in [-0.25, -0.2) is 4.98 Å². The molecular formula is C20H20N4O. The van der Waals surface area contributed by atoms with Crippen molar-refractivity contribution in [2.45, 2.75) is 24.9 Å². The molecule has 0 unspecified atom stereocenters. The van der Waals surface area contributed by atoms with Crippen molar-refractivity contribution in [3.05, 3.63) is 65.5 Å². The van der Waals surface area contributed by atoms with E-state index in [4.69, 9.17) is 10.00 Å². The molecule has 4 rings (SSSR count). The smallest absolute Gasteiger partial charge is 0.0991 e. The third kappa shape index (κ3) is 3.14. The first-order valence-electron chi connectivity index (χ1n) is 8.55. The molecule has 1 aromatic heterocycles. The number of rotatable bonds is 4. The third-order valence-corrected chi connectivity index (χ3v) is 5.03. The minimum Gasteiger partial charge on any atom is -0.381 e. The van der Waals surface area contributed by atoms with Gasteiger partial charge in [-0.3, -0.25) is 0 Å². The summed E-state index contributed by atoms with van der Waals surface area (Å²) in [6, 6.07) is 16.4. The normalized spacial score (nSPS) is 16.6. The van der Waals surface area contributed by atoms with Gasteiger partial charge in [0.2, 0.25) is 0 Å². The number of ether oxygens (including phenoxy) is 1. The van der Waals surface area contributed by atoms with Crippen molar-refractivity contribution in [1.82, 2.24) is 15.3 Å². The van der Waals surface area contributed by atoms with Gasteiger partial charge in [0.25, 0.3) is 0 Å². The van der Waals surface area contributed by atoms with E-state index in [1.54, 1.807) is 6.33 Å². The fourth-order valence-corrected chi connectivity index (χ4v) is 3.52. The number of hydrogen-bond donors (Lipinski definition) is 2. The van der Waals surface area contributed by atoms with Crippen LogP contribution in [0.2, 0.25) is 0 Å². The molecule has 0 bridgehead atoms. The summed E-state index contributed by atoms with van der Waals surface area (Å²) in [5.74, 6) is 0. The summed E-state index contributed by atoms with van der Waals surface area (Å²) in [5, 5.41) is 12.8. The van der Waals surface area contributed by atoms with Crippen LogP contribution in [0.1, 0.15) is 29.5 Å². The molecule has 126 valence electrons. The Morgan fingerprint density at radius 3 is 2.72 bits per heavy atom. The first-order chi connectivity index (χ1) is 12.3. The Labute approximate surface area is 146 Å². The number of nitriles is 1. The van der Waals surface area contributed by atoms with Crippen molar-refractivity contribution < 1.29 is 4.74 Å². The van der Waals surface area contributed by atoms with Crippen molar-refractivity contribution >= 4 is 11.0 Å². The molecule has 0 radical (unpaired) electrons. The van der Waals surface area contributed by atoms with E-state index in [2.05, 4.69) is 45.6 Å². The maximum absolute atomic E-state index is 9.03. The van der Waals surface area contributed by atoms with Gasteiger partial charge in [-0.1, -0.05) is 18.2 Å². The molecule has 1 aliphatic heterocycles. The number of aromatic amines is 1. The van der Waals surface area contributed by atoms with Gasteiger partial charge in [-0.05, 0) is 48.2 Å². The highest BCUT2D eigenvalue weighted by Crippen LogP contribution is 2.33. The molecule has 5 nitrogen and oxygen atoms in total. The Hall–Kier alpha value is -2.68. The zero-order chi connectivity index (χ0) is 17.1. The summed E-state index contributed by atoms with van der Waals surface area (Å²) >= 11 is 0. The van der Waals surface area contributed by atoms with Crippen LogP contribution in [-0.4, -0.2) is 23.2 Å². The first-order valence-corrected chi connectivity index (χ1v) is 8.55. The molecule has 1 saturated heterocycles. The van der Waals surface area contributed by atoms with Crippen LogP contribution >= 0.6 is 0 Å². The van der Waals surface area contributed by atoms with Gasteiger partial charge in [0.1, 0.15) is 0 Å². The predicted octanol–water partition coefficient (Wildman–Crippen LogP) is 3.23. The van der Waals surface area contributed by atoms with E-state index in [0.29, 0.717) is 5.56 Å². The molecule has 0 spiro atoms. The Balaban J connectivity index is 1.58. The average Bonchev–Trinajstić information content (AvgIpc) is 3.15. The van der Waals surface area contributed by atoms with E-state index in [1.807, 2.05) is 18.2 Å². The standard InChI is InChI=1S/C20H20N4O/c21-12-15-1-4-17(5-2-15)20(7-9-25-10-8-20)24-13-16-3-6-18-19(11-16)23-14-22-18/h1-6,11,14,24H,7-10,13H2,(H,22,23). The Kier molecular flexibility index (Phi) is 4.22. The van der Waals surface area contributed by atoms with Gasteiger partial charge in [0.15, 0.2) is 0 Å². The summed E-state index contributed by atoms with van der Waals surface area (Å²) in [7, 11) is 0. The number of aromatic nitrogens is 2. The maximum Gasteiger partial charge on any atom is 0.0991 e. The highest BCUT2D eigenvalue weighted by Gasteiger charge is 2.33. The monoisotopic (exact) mass is 332 g/mol. The van der Waals surface area contributed by atoms with Gasteiger partial charge >= 0.3 is 0 Å². The molecule has 1 aliphatic rings. The minimum absolute atomic E-state index is 0.116. The number of benzene rings is 2. The number of hydrogen-bond acceptors (Lipinski definition) is 4. The lowest BCUT2D eigenvalue weighted by Gasteiger charge is -2.39. The first kappa shape index (κ1) is 15.8. The molecule has 1 fully saturated rings. The highest BCUT2D eigenvalue weighted by molar-refractivity contribution is 5.75. The molecule has 0 amide bonds. The van der Waals surface area contributed by atoms with Crippen molar-refractivity contribution in [3.63, 3.8) is 0 Å². The van der Waals surface area contributed by atoms with Crippen molar-refractivity contribution in [3.8, 4) is 6.07 Å². The summed E-state index contributed by atoms with van der Waals surface area (Å²) in [5.41, 5.74) is 5.05. The molecule has 3 aromatic rings. The molecule has 5 heteroatoms. The molecular weight excluding hydrogens is 312 g/mol. The largest absolute Gasteiger partial charge is 0.381 e. The average molecular weight is 332 g/mol. The third-order valence-electron chi connectivity index (χ3n) is 5.03. The summed E-state index contributed by atoms with van der Waals surface area (Å²) in [6.07, 6.45) is 3.56. The molecule has 0 atom stereocenters. The van der Waals surface area contributed by atoms with E-state index >= 15 is 0 Å². The highest BCUT2D eigenvalue weighted by atomic mass is 16.5. The number of fused-ring (bicyclic) bond motifs is 1. The zero-order valence-corrected chi connectivity index (χ0v) is 14.0. The fraction of sp³-hybridized carbons (Fsp3) is 0.300. The minimum atomic E-state index is -0.116. The summed E-state index contributed by atoms with van der Waals surface area (Å²) < 4.78 is 5.58. The van der Waals surface area contributed by atoms with E-state index in [-0.39, 0.29) is 5.54 Å². The number of imidazole rings is 1. The predicted molar refractivity (Wildman–Crippen MR) is 95.8 cm³/mol. The fourth-order valence-electron chi connectivity index (χ4n) is 3.52. The van der Waals surface area contributed by atoms with Crippen molar-refractivity contribution in [1.29, 1.82) is 5.26 Å². The molecule has 2 aromatic carbocycles. The topological polar surface area (TPSA) is 73.7 Å². The van der Waals surface area contributed by atoms with Crippen LogP contribution in [0.25, 0.3) is 11.0 Å². The van der Waals surface area contributed by atoms with Crippen molar-refractivity contribution in [2.75, 3.05) is 13.2 Å². The molecule has 2 N–H and O–H groups in total. The quantitative estimate of drug-likeness (QED) is 0.769. The molecule has 0 aliphatic carbocycles. The van der Waals surface area contributed by atoms with E-state index < -0.39 is 0 Å². The maximum atomic E-state index is 9.03.